The number of halogens is 1. The summed E-state index contributed by atoms with van der Waals surface area (Å²) in [4.78, 5) is 11.9. The Hall–Kier alpha value is -2.33. The molecule has 7 heteroatoms. The van der Waals surface area contributed by atoms with Gasteiger partial charge in [0.1, 0.15) is 11.3 Å². The van der Waals surface area contributed by atoms with Crippen LogP contribution in [0.4, 0.5) is 0 Å². The lowest BCUT2D eigenvalue weighted by Crippen LogP contribution is -2.49. The zero-order valence-corrected chi connectivity index (χ0v) is 16.3. The van der Waals surface area contributed by atoms with Crippen molar-refractivity contribution < 1.29 is 19.0 Å². The largest absolute Gasteiger partial charge is 0.480 e. The maximum absolute atomic E-state index is 12.9. The Morgan fingerprint density at radius 1 is 1.07 bits per heavy atom. The summed E-state index contributed by atoms with van der Waals surface area (Å²) in [6.07, 6.45) is 0.0960. The highest BCUT2D eigenvalue weighted by molar-refractivity contribution is 7.84. The lowest BCUT2D eigenvalue weighted by atomic mass is 9.94. The highest BCUT2D eigenvalue weighted by Gasteiger charge is 2.41. The first-order valence-electron chi connectivity index (χ1n) is 8.33. The molecule has 0 aromatic heterocycles. The predicted molar refractivity (Wildman–Crippen MR) is 107 cm³/mol. The smallest absolute Gasteiger partial charge is 0.410 e. The van der Waals surface area contributed by atoms with Crippen molar-refractivity contribution in [2.75, 3.05) is 0 Å². The van der Waals surface area contributed by atoms with E-state index in [1.54, 1.807) is 24.3 Å². The molecule has 1 unspecified atom stereocenters. The highest BCUT2D eigenvalue weighted by Crippen LogP contribution is 2.51. The first-order chi connectivity index (χ1) is 12.8. The third kappa shape index (κ3) is 4.69. The zero-order valence-electron chi connectivity index (χ0n) is 14.6. The average molecular weight is 404 g/mol. The van der Waals surface area contributed by atoms with Crippen LogP contribution in [0.2, 0.25) is 0 Å². The highest BCUT2D eigenvalue weighted by atomic mass is 35.7. The lowest BCUT2D eigenvalue weighted by Gasteiger charge is -2.28. The van der Waals surface area contributed by atoms with Crippen LogP contribution < -0.4 is 9.61 Å². The first-order valence-corrected chi connectivity index (χ1v) is 10.9. The van der Waals surface area contributed by atoms with Crippen molar-refractivity contribution in [1.82, 2.24) is 5.09 Å². The van der Waals surface area contributed by atoms with Crippen LogP contribution in [0, 0.1) is 0 Å². The van der Waals surface area contributed by atoms with Crippen molar-refractivity contribution in [3.05, 3.63) is 78.4 Å². The number of aliphatic carboxylic acids is 1. The monoisotopic (exact) mass is 403 g/mol. The minimum atomic E-state index is -3.99. The third-order valence-electron chi connectivity index (χ3n) is 4.22. The number of carboxylic acids is 1. The van der Waals surface area contributed by atoms with Crippen molar-refractivity contribution in [3.8, 4) is 5.75 Å². The Balaban J connectivity index is 1.86. The van der Waals surface area contributed by atoms with Crippen LogP contribution in [0.15, 0.2) is 72.8 Å². The van der Waals surface area contributed by atoms with Crippen LogP contribution in [0.1, 0.15) is 12.5 Å². The predicted octanol–water partition coefficient (Wildman–Crippen LogP) is 5.24. The summed E-state index contributed by atoms with van der Waals surface area (Å²) in [7, 11) is 0. The van der Waals surface area contributed by atoms with Gasteiger partial charge in [0.15, 0.2) is 0 Å². The number of rotatable bonds is 7. The van der Waals surface area contributed by atoms with Crippen LogP contribution in [0.5, 0.6) is 5.75 Å². The van der Waals surface area contributed by atoms with E-state index in [1.165, 1.54) is 6.92 Å². The van der Waals surface area contributed by atoms with Gasteiger partial charge in [0, 0.05) is 23.0 Å². The number of nitrogens with one attached hydrogen (secondary N) is 1. The standard InChI is InChI=1S/C20H19ClNO4P/c1-20(19(23)24,14-15-8-3-2-4-9-15)22-27(21,25)26-18-13-7-11-16-10-5-6-12-17(16)18/h2-13H,14H2,1H3,(H,22,25)(H,23,24)/t20-,27?/m0/s1. The van der Waals surface area contributed by atoms with Gasteiger partial charge < -0.3 is 9.63 Å². The third-order valence-corrected chi connectivity index (χ3v) is 5.87. The fraction of sp³-hybridized carbons (Fsp3) is 0.150. The molecule has 2 atom stereocenters. The van der Waals surface area contributed by atoms with Gasteiger partial charge in [-0.2, -0.15) is 0 Å². The summed E-state index contributed by atoms with van der Waals surface area (Å²) in [5.41, 5.74) is -0.792. The van der Waals surface area contributed by atoms with Crippen molar-refractivity contribution in [2.24, 2.45) is 0 Å². The minimum absolute atomic E-state index is 0.0960. The second-order valence-electron chi connectivity index (χ2n) is 6.46. The molecule has 0 fully saturated rings. The summed E-state index contributed by atoms with van der Waals surface area (Å²) >= 11 is 6.12. The molecular formula is C20H19ClNO4P. The maximum Gasteiger partial charge on any atom is 0.410 e. The van der Waals surface area contributed by atoms with Crippen LogP contribution in [0.25, 0.3) is 10.8 Å². The molecule has 2 N–H and O–H groups in total. The Kier molecular flexibility index (Phi) is 5.56. The van der Waals surface area contributed by atoms with E-state index in [-0.39, 0.29) is 6.42 Å². The SMILES string of the molecule is C[C@@](Cc1ccccc1)(NP(=O)(Cl)Oc1cccc2ccccc12)C(=O)O. The molecule has 5 nitrogen and oxygen atoms in total. The van der Waals surface area contributed by atoms with Gasteiger partial charge >= 0.3 is 12.8 Å². The van der Waals surface area contributed by atoms with Gasteiger partial charge in [-0.15, -0.1) is 0 Å². The van der Waals surface area contributed by atoms with Crippen LogP contribution in [-0.4, -0.2) is 16.6 Å². The van der Waals surface area contributed by atoms with E-state index in [1.807, 2.05) is 48.5 Å². The van der Waals surface area contributed by atoms with Crippen molar-refractivity contribution in [1.29, 1.82) is 0 Å². The van der Waals surface area contributed by atoms with E-state index in [4.69, 9.17) is 15.8 Å². The molecule has 0 aliphatic heterocycles. The molecule has 3 aromatic carbocycles. The first kappa shape index (κ1) is 19.4. The molecule has 0 aliphatic rings. The topological polar surface area (TPSA) is 75.6 Å². The molecule has 0 amide bonds. The van der Waals surface area contributed by atoms with Crippen molar-refractivity contribution in [3.63, 3.8) is 0 Å². The minimum Gasteiger partial charge on any atom is -0.480 e. The van der Waals surface area contributed by atoms with Crippen LogP contribution in [0.3, 0.4) is 0 Å². The van der Waals surface area contributed by atoms with Crippen molar-refractivity contribution >= 4 is 34.9 Å². The van der Waals surface area contributed by atoms with Crippen LogP contribution in [-0.2, 0) is 15.8 Å². The Labute approximate surface area is 162 Å². The Morgan fingerprint density at radius 3 is 2.41 bits per heavy atom. The summed E-state index contributed by atoms with van der Waals surface area (Å²) in [6, 6.07) is 21.8. The van der Waals surface area contributed by atoms with Gasteiger partial charge in [-0.3, -0.25) is 4.79 Å². The quantitative estimate of drug-likeness (QED) is 0.527. The van der Waals surface area contributed by atoms with Gasteiger partial charge in [0.25, 0.3) is 0 Å². The normalized spacial score (nSPS) is 15.6. The van der Waals surface area contributed by atoms with Gasteiger partial charge in [0.2, 0.25) is 0 Å². The number of carboxylic acid groups (broad SMARTS) is 1. The van der Waals surface area contributed by atoms with E-state index in [2.05, 4.69) is 5.09 Å². The fourth-order valence-electron chi connectivity index (χ4n) is 2.89. The molecule has 3 aromatic rings. The van der Waals surface area contributed by atoms with Gasteiger partial charge in [-0.25, -0.2) is 9.65 Å². The molecule has 0 saturated carbocycles. The molecule has 0 spiro atoms. The zero-order chi connectivity index (χ0) is 19.5. The van der Waals surface area contributed by atoms with Crippen LogP contribution >= 0.6 is 18.1 Å². The molecular weight excluding hydrogens is 385 g/mol. The summed E-state index contributed by atoms with van der Waals surface area (Å²) < 4.78 is 18.5. The second-order valence-corrected chi connectivity index (χ2v) is 9.16. The molecule has 0 saturated heterocycles. The molecule has 140 valence electrons. The molecule has 0 radical (unpaired) electrons. The van der Waals surface area contributed by atoms with E-state index >= 15 is 0 Å². The number of hydrogen-bond donors (Lipinski definition) is 2. The summed E-state index contributed by atoms with van der Waals surface area (Å²) in [5, 5.41) is 13.9. The number of benzene rings is 3. The van der Waals surface area contributed by atoms with Gasteiger partial charge in [-0.1, -0.05) is 66.7 Å². The average Bonchev–Trinajstić information content (AvgIpc) is 2.62. The van der Waals surface area contributed by atoms with Gasteiger partial charge in [-0.05, 0) is 23.9 Å². The Morgan fingerprint density at radius 2 is 1.70 bits per heavy atom. The summed E-state index contributed by atoms with van der Waals surface area (Å²) in [6.45, 7) is -2.56. The summed E-state index contributed by atoms with van der Waals surface area (Å²) in [5.74, 6) is -0.847. The van der Waals surface area contributed by atoms with E-state index in [0.717, 1.165) is 16.3 Å². The molecule has 27 heavy (non-hydrogen) atoms. The maximum atomic E-state index is 12.9. The number of fused-ring (bicyclic) bond motifs is 1. The van der Waals surface area contributed by atoms with E-state index in [0.29, 0.717) is 5.75 Å². The van der Waals surface area contributed by atoms with E-state index < -0.39 is 18.4 Å². The van der Waals surface area contributed by atoms with Crippen molar-refractivity contribution in [2.45, 2.75) is 18.9 Å². The van der Waals surface area contributed by atoms with Gasteiger partial charge in [0.05, 0.1) is 0 Å². The molecule has 0 aliphatic carbocycles. The van der Waals surface area contributed by atoms with E-state index in [9.17, 15) is 14.5 Å². The number of carbonyl (C=O) groups is 1. The number of hydrogen-bond acceptors (Lipinski definition) is 3. The molecule has 3 rings (SSSR count). The second kappa shape index (κ2) is 7.73. The lowest BCUT2D eigenvalue weighted by molar-refractivity contribution is -0.143. The Bertz CT molecular complexity index is 1010. The molecule has 0 bridgehead atoms. The fourth-order valence-corrected chi connectivity index (χ4v) is 4.89. The molecule has 0 heterocycles.